The fraction of sp³-hybridized carbons (Fsp3) is 0.273. The van der Waals surface area contributed by atoms with Crippen molar-refractivity contribution in [1.29, 1.82) is 0 Å². The molecule has 1 N–H and O–H groups in total. The average molecular weight is 337 g/mol. The van der Waals surface area contributed by atoms with Gasteiger partial charge in [-0.1, -0.05) is 0 Å². The quantitative estimate of drug-likeness (QED) is 0.935. The molecule has 2 aromatic heterocycles. The number of nitrogens with zero attached hydrogens (tertiary/aromatic N) is 2. The Balaban J connectivity index is 2.27. The maximum Gasteiger partial charge on any atom is 0.451 e. The summed E-state index contributed by atoms with van der Waals surface area (Å²) >= 11 is 1.31. The van der Waals surface area contributed by atoms with Gasteiger partial charge in [-0.25, -0.2) is 18.4 Å². The molecular formula is C11H10F3N3O2S2. The number of aryl methyl sites for hydroxylation is 2. The number of rotatable bonds is 3. The van der Waals surface area contributed by atoms with Crippen LogP contribution in [0.3, 0.4) is 0 Å². The minimum atomic E-state index is -4.67. The molecule has 0 aliphatic rings. The summed E-state index contributed by atoms with van der Waals surface area (Å²) in [5.74, 6) is -1.33. The number of hydrogen-bond acceptors (Lipinski definition) is 5. The van der Waals surface area contributed by atoms with E-state index in [0.29, 0.717) is 4.88 Å². The highest BCUT2D eigenvalue weighted by Gasteiger charge is 2.34. The molecule has 0 spiro atoms. The number of aromatic nitrogens is 2. The molecule has 10 heteroatoms. The molecule has 2 heterocycles. The lowest BCUT2D eigenvalue weighted by Crippen LogP contribution is -2.15. The summed E-state index contributed by atoms with van der Waals surface area (Å²) in [7, 11) is -3.87. The molecule has 0 aromatic carbocycles. The maximum absolute atomic E-state index is 12.3. The van der Waals surface area contributed by atoms with Crippen LogP contribution < -0.4 is 4.72 Å². The van der Waals surface area contributed by atoms with Crippen molar-refractivity contribution in [3.63, 3.8) is 0 Å². The van der Waals surface area contributed by atoms with Crippen LogP contribution in [0.15, 0.2) is 23.4 Å². The molecule has 2 rings (SSSR count). The van der Waals surface area contributed by atoms with Gasteiger partial charge in [0.1, 0.15) is 4.90 Å². The molecule has 0 radical (unpaired) electrons. The van der Waals surface area contributed by atoms with Crippen LogP contribution in [0.2, 0.25) is 0 Å². The second-order valence-electron chi connectivity index (χ2n) is 4.18. The Bertz CT molecular complexity index is 752. The SMILES string of the molecule is Cc1cc(S(=O)(=O)Nc2cnc(C(F)(F)F)nc2)c(C)s1. The van der Waals surface area contributed by atoms with Crippen LogP contribution in [0, 0.1) is 13.8 Å². The summed E-state index contributed by atoms with van der Waals surface area (Å²) in [5.41, 5.74) is -0.133. The molecule has 0 bridgehead atoms. The second kappa shape index (κ2) is 5.26. The van der Waals surface area contributed by atoms with Crippen molar-refractivity contribution in [3.8, 4) is 0 Å². The predicted molar refractivity (Wildman–Crippen MR) is 71.6 cm³/mol. The van der Waals surface area contributed by atoms with Gasteiger partial charge in [-0.15, -0.1) is 11.3 Å². The highest BCUT2D eigenvalue weighted by molar-refractivity contribution is 7.93. The Hall–Kier alpha value is -1.68. The minimum Gasteiger partial charge on any atom is -0.276 e. The van der Waals surface area contributed by atoms with Crippen LogP contribution in [0.5, 0.6) is 0 Å². The third-order valence-electron chi connectivity index (χ3n) is 2.44. The highest BCUT2D eigenvalue weighted by Crippen LogP contribution is 2.28. The van der Waals surface area contributed by atoms with Gasteiger partial charge >= 0.3 is 6.18 Å². The molecule has 0 unspecified atom stereocenters. The van der Waals surface area contributed by atoms with E-state index in [1.54, 1.807) is 13.8 Å². The molecule has 0 amide bonds. The van der Waals surface area contributed by atoms with Gasteiger partial charge in [-0.2, -0.15) is 13.2 Å². The lowest BCUT2D eigenvalue weighted by Gasteiger charge is -2.08. The van der Waals surface area contributed by atoms with Crippen LogP contribution in [0.1, 0.15) is 15.6 Å². The Morgan fingerprint density at radius 2 is 1.76 bits per heavy atom. The highest BCUT2D eigenvalue weighted by atomic mass is 32.2. The molecule has 0 saturated carbocycles. The van der Waals surface area contributed by atoms with E-state index in [1.165, 1.54) is 17.4 Å². The summed E-state index contributed by atoms with van der Waals surface area (Å²) in [6, 6.07) is 1.49. The molecule has 0 saturated heterocycles. The first-order valence-corrected chi connectivity index (χ1v) is 7.88. The first kappa shape index (κ1) is 15.7. The fourth-order valence-corrected chi connectivity index (χ4v) is 4.20. The van der Waals surface area contributed by atoms with Gasteiger partial charge in [0, 0.05) is 9.75 Å². The van der Waals surface area contributed by atoms with Crippen molar-refractivity contribution in [2.75, 3.05) is 4.72 Å². The van der Waals surface area contributed by atoms with E-state index in [0.717, 1.165) is 17.3 Å². The minimum absolute atomic E-state index is 0.0879. The third kappa shape index (κ3) is 3.50. The zero-order chi connectivity index (χ0) is 15.8. The predicted octanol–water partition coefficient (Wildman–Crippen LogP) is 2.97. The normalized spacial score (nSPS) is 12.4. The third-order valence-corrected chi connectivity index (χ3v) is 5.05. The van der Waals surface area contributed by atoms with Crippen molar-refractivity contribution in [2.24, 2.45) is 0 Å². The Labute approximate surface area is 122 Å². The van der Waals surface area contributed by atoms with Gasteiger partial charge in [0.05, 0.1) is 18.1 Å². The summed E-state index contributed by atoms with van der Waals surface area (Å²) in [6.45, 7) is 3.41. The van der Waals surface area contributed by atoms with Gasteiger partial charge in [0.2, 0.25) is 5.82 Å². The van der Waals surface area contributed by atoms with E-state index >= 15 is 0 Å². The van der Waals surface area contributed by atoms with Crippen molar-refractivity contribution < 1.29 is 21.6 Å². The van der Waals surface area contributed by atoms with E-state index in [2.05, 4.69) is 14.7 Å². The number of thiophene rings is 1. The molecule has 0 fully saturated rings. The maximum atomic E-state index is 12.3. The number of nitrogens with one attached hydrogen (secondary N) is 1. The lowest BCUT2D eigenvalue weighted by atomic mass is 10.4. The van der Waals surface area contributed by atoms with Gasteiger partial charge in [-0.05, 0) is 19.9 Å². The number of anilines is 1. The molecule has 2 aromatic rings. The summed E-state index contributed by atoms with van der Waals surface area (Å²) in [6.07, 6.45) is -3.11. The smallest absolute Gasteiger partial charge is 0.276 e. The van der Waals surface area contributed by atoms with Crippen LogP contribution in [0.4, 0.5) is 18.9 Å². The number of alkyl halides is 3. The van der Waals surface area contributed by atoms with E-state index in [9.17, 15) is 21.6 Å². The van der Waals surface area contributed by atoms with Crippen molar-refractivity contribution >= 4 is 27.0 Å². The van der Waals surface area contributed by atoms with Gasteiger partial charge in [0.15, 0.2) is 0 Å². The largest absolute Gasteiger partial charge is 0.451 e. The molecule has 0 atom stereocenters. The first-order chi connectivity index (χ1) is 9.59. The fourth-order valence-electron chi connectivity index (χ4n) is 1.61. The molecule has 114 valence electrons. The van der Waals surface area contributed by atoms with Crippen molar-refractivity contribution in [2.45, 2.75) is 24.9 Å². The molecular weight excluding hydrogens is 327 g/mol. The second-order valence-corrected chi connectivity index (χ2v) is 7.29. The standard InChI is InChI=1S/C11H10F3N3O2S2/c1-6-3-9(7(2)20-6)21(18,19)17-8-4-15-10(16-5-8)11(12,13)14/h3-5,17H,1-2H3. The van der Waals surface area contributed by atoms with E-state index in [-0.39, 0.29) is 10.6 Å². The van der Waals surface area contributed by atoms with Crippen LogP contribution in [0.25, 0.3) is 0 Å². The number of halogens is 3. The molecule has 0 aliphatic carbocycles. The van der Waals surface area contributed by atoms with E-state index < -0.39 is 22.0 Å². The van der Waals surface area contributed by atoms with Gasteiger partial charge in [-0.3, -0.25) is 4.72 Å². The Kier molecular flexibility index (Phi) is 3.93. The number of hydrogen-bond donors (Lipinski definition) is 1. The van der Waals surface area contributed by atoms with Gasteiger partial charge < -0.3 is 0 Å². The van der Waals surface area contributed by atoms with Crippen molar-refractivity contribution in [3.05, 3.63) is 34.0 Å². The zero-order valence-corrected chi connectivity index (χ0v) is 12.5. The molecule has 0 aliphatic heterocycles. The molecule has 5 nitrogen and oxygen atoms in total. The lowest BCUT2D eigenvalue weighted by molar-refractivity contribution is -0.144. The Morgan fingerprint density at radius 1 is 1.19 bits per heavy atom. The molecule has 21 heavy (non-hydrogen) atoms. The summed E-state index contributed by atoms with van der Waals surface area (Å²) < 4.78 is 63.4. The van der Waals surface area contributed by atoms with E-state index in [4.69, 9.17) is 0 Å². The monoisotopic (exact) mass is 337 g/mol. The van der Waals surface area contributed by atoms with Gasteiger partial charge in [0.25, 0.3) is 10.0 Å². The first-order valence-electron chi connectivity index (χ1n) is 5.59. The summed E-state index contributed by atoms with van der Waals surface area (Å²) in [4.78, 5) is 7.68. The average Bonchev–Trinajstić information content (AvgIpc) is 2.68. The number of sulfonamides is 1. The van der Waals surface area contributed by atoms with Crippen LogP contribution >= 0.6 is 11.3 Å². The zero-order valence-electron chi connectivity index (χ0n) is 10.9. The Morgan fingerprint density at radius 3 is 2.19 bits per heavy atom. The topological polar surface area (TPSA) is 72.0 Å². The summed E-state index contributed by atoms with van der Waals surface area (Å²) in [5, 5.41) is 0. The van der Waals surface area contributed by atoms with Crippen LogP contribution in [-0.4, -0.2) is 18.4 Å². The van der Waals surface area contributed by atoms with E-state index in [1.807, 2.05) is 0 Å². The van der Waals surface area contributed by atoms with Crippen molar-refractivity contribution in [1.82, 2.24) is 9.97 Å². The van der Waals surface area contributed by atoms with Crippen LogP contribution in [-0.2, 0) is 16.2 Å².